The van der Waals surface area contributed by atoms with Crippen molar-refractivity contribution in [3.8, 4) is 0 Å². The molecular formula is C18H32. The monoisotopic (exact) mass is 248 g/mol. The van der Waals surface area contributed by atoms with Crippen LogP contribution in [0.4, 0.5) is 0 Å². The number of benzene rings is 1. The summed E-state index contributed by atoms with van der Waals surface area (Å²) in [5.74, 6) is 0.937. The summed E-state index contributed by atoms with van der Waals surface area (Å²) in [5, 5.41) is 0. The van der Waals surface area contributed by atoms with Crippen molar-refractivity contribution in [2.45, 2.75) is 72.6 Å². The van der Waals surface area contributed by atoms with Gasteiger partial charge in [0, 0.05) is 0 Å². The predicted molar refractivity (Wildman–Crippen MR) is 84.1 cm³/mol. The van der Waals surface area contributed by atoms with Crippen LogP contribution in [0.3, 0.4) is 0 Å². The molecule has 104 valence electrons. The summed E-state index contributed by atoms with van der Waals surface area (Å²) in [6, 6.07) is 11.0. The lowest BCUT2D eigenvalue weighted by molar-refractivity contribution is 0.261. The van der Waals surface area contributed by atoms with Crippen molar-refractivity contribution < 1.29 is 0 Å². The Bertz CT molecular complexity index is 278. The van der Waals surface area contributed by atoms with E-state index in [2.05, 4.69) is 44.2 Å². The lowest BCUT2D eigenvalue weighted by atomic mass is 9.68. The third-order valence-corrected chi connectivity index (χ3v) is 3.85. The number of hydrogen-bond acceptors (Lipinski definition) is 0. The van der Waals surface area contributed by atoms with Gasteiger partial charge in [-0.05, 0) is 42.6 Å². The van der Waals surface area contributed by atoms with Gasteiger partial charge in [0.25, 0.3) is 0 Å². The average Bonchev–Trinajstić information content (AvgIpc) is 2.48. The Hall–Kier alpha value is -0.780. The molecule has 0 nitrogen and oxygen atoms in total. The maximum absolute atomic E-state index is 2.42. The van der Waals surface area contributed by atoms with Crippen LogP contribution in [0.1, 0.15) is 72.8 Å². The highest BCUT2D eigenvalue weighted by Crippen LogP contribution is 2.40. The highest BCUT2D eigenvalue weighted by atomic mass is 14.3. The van der Waals surface area contributed by atoms with Crippen molar-refractivity contribution >= 4 is 0 Å². The molecule has 0 amide bonds. The third-order valence-electron chi connectivity index (χ3n) is 3.85. The second-order valence-electron chi connectivity index (χ2n) is 5.11. The van der Waals surface area contributed by atoms with Crippen molar-refractivity contribution in [1.82, 2.24) is 0 Å². The quantitative estimate of drug-likeness (QED) is 0.554. The fraction of sp³-hybridized carbons (Fsp3) is 0.667. The van der Waals surface area contributed by atoms with Crippen molar-refractivity contribution in [3.05, 3.63) is 35.9 Å². The molecule has 1 aromatic carbocycles. The van der Waals surface area contributed by atoms with E-state index in [4.69, 9.17) is 0 Å². The molecule has 0 heterocycles. The van der Waals surface area contributed by atoms with Crippen LogP contribution in [0.5, 0.6) is 0 Å². The van der Waals surface area contributed by atoms with Gasteiger partial charge in [-0.25, -0.2) is 0 Å². The Morgan fingerprint density at radius 3 is 1.78 bits per heavy atom. The molecule has 1 aliphatic rings. The molecule has 0 unspecified atom stereocenters. The first-order valence-corrected chi connectivity index (χ1v) is 7.76. The van der Waals surface area contributed by atoms with Crippen molar-refractivity contribution in [2.75, 3.05) is 0 Å². The molecule has 0 bridgehead atoms. The van der Waals surface area contributed by atoms with E-state index in [-0.39, 0.29) is 0 Å². The van der Waals surface area contributed by atoms with Crippen LogP contribution in [0.25, 0.3) is 0 Å². The molecule has 1 fully saturated rings. The van der Waals surface area contributed by atoms with Crippen LogP contribution in [0, 0.1) is 5.92 Å². The van der Waals surface area contributed by atoms with Crippen LogP contribution in [0.2, 0.25) is 0 Å². The van der Waals surface area contributed by atoms with Crippen LogP contribution >= 0.6 is 0 Å². The minimum absolute atomic E-state index is 0.452. The second kappa shape index (κ2) is 9.19. The largest absolute Gasteiger partial charge is 0.0683 e. The molecule has 0 spiro atoms. The van der Waals surface area contributed by atoms with Gasteiger partial charge in [0.2, 0.25) is 0 Å². The molecule has 1 aromatic rings. The van der Waals surface area contributed by atoms with Gasteiger partial charge in [-0.2, -0.15) is 0 Å². The zero-order valence-corrected chi connectivity index (χ0v) is 13.3. The molecule has 0 radical (unpaired) electrons. The van der Waals surface area contributed by atoms with E-state index in [9.17, 15) is 0 Å². The van der Waals surface area contributed by atoms with Gasteiger partial charge in [-0.1, -0.05) is 71.9 Å². The van der Waals surface area contributed by atoms with Gasteiger partial charge in [0.1, 0.15) is 0 Å². The maximum Gasteiger partial charge on any atom is -0.00751 e. The van der Waals surface area contributed by atoms with Crippen molar-refractivity contribution in [3.63, 3.8) is 0 Å². The Morgan fingerprint density at radius 2 is 1.33 bits per heavy atom. The van der Waals surface area contributed by atoms with E-state index >= 15 is 0 Å². The number of rotatable bonds is 1. The smallest absolute Gasteiger partial charge is 0.00751 e. The van der Waals surface area contributed by atoms with Crippen molar-refractivity contribution in [1.29, 1.82) is 0 Å². The second-order valence-corrected chi connectivity index (χ2v) is 5.11. The first-order chi connectivity index (χ1) is 8.71. The average molecular weight is 248 g/mol. The Morgan fingerprint density at radius 1 is 0.889 bits per heavy atom. The van der Waals surface area contributed by atoms with Crippen LogP contribution < -0.4 is 0 Å². The van der Waals surface area contributed by atoms with Crippen molar-refractivity contribution in [2.24, 2.45) is 5.92 Å². The fourth-order valence-corrected chi connectivity index (χ4v) is 2.53. The maximum atomic E-state index is 2.42. The fourth-order valence-electron chi connectivity index (χ4n) is 2.53. The Kier molecular flexibility index (Phi) is 8.79. The lowest BCUT2D eigenvalue weighted by Crippen LogP contribution is -2.27. The van der Waals surface area contributed by atoms with Gasteiger partial charge in [-0.3, -0.25) is 0 Å². The normalized spacial score (nSPS) is 26.2. The van der Waals surface area contributed by atoms with Gasteiger partial charge in [-0.15, -0.1) is 0 Å². The SMILES string of the molecule is CC.CC.CC1CCC(C)(c2ccccc2)CC1. The molecule has 0 aromatic heterocycles. The van der Waals surface area contributed by atoms with E-state index in [1.807, 2.05) is 27.7 Å². The van der Waals surface area contributed by atoms with Gasteiger partial charge >= 0.3 is 0 Å². The highest BCUT2D eigenvalue weighted by Gasteiger charge is 2.30. The summed E-state index contributed by atoms with van der Waals surface area (Å²) >= 11 is 0. The van der Waals surface area contributed by atoms with E-state index < -0.39 is 0 Å². The van der Waals surface area contributed by atoms with E-state index in [0.29, 0.717) is 5.41 Å². The Labute approximate surface area is 115 Å². The molecule has 0 N–H and O–H groups in total. The summed E-state index contributed by atoms with van der Waals surface area (Å²) in [4.78, 5) is 0. The Balaban J connectivity index is 0.000000659. The molecule has 0 heteroatoms. The summed E-state index contributed by atoms with van der Waals surface area (Å²) in [6.07, 6.45) is 5.51. The zero-order chi connectivity index (χ0) is 14.0. The molecule has 2 rings (SSSR count). The third kappa shape index (κ3) is 4.84. The predicted octanol–water partition coefficient (Wildman–Crippen LogP) is 6.21. The highest BCUT2D eigenvalue weighted by molar-refractivity contribution is 5.24. The molecule has 1 saturated carbocycles. The molecular weight excluding hydrogens is 216 g/mol. The topological polar surface area (TPSA) is 0 Å². The number of hydrogen-bond donors (Lipinski definition) is 0. The standard InChI is InChI=1S/C14H20.2C2H6/c1-12-8-10-14(2,11-9-12)13-6-4-3-5-7-13;2*1-2/h3-7,12H,8-11H2,1-2H3;2*1-2H3. The van der Waals surface area contributed by atoms with Crippen LogP contribution in [-0.4, -0.2) is 0 Å². The van der Waals surface area contributed by atoms with Crippen LogP contribution in [0.15, 0.2) is 30.3 Å². The minimum Gasteiger partial charge on any atom is -0.0683 e. The van der Waals surface area contributed by atoms with Gasteiger partial charge < -0.3 is 0 Å². The summed E-state index contributed by atoms with van der Waals surface area (Å²) in [5.41, 5.74) is 1.99. The summed E-state index contributed by atoms with van der Waals surface area (Å²) in [7, 11) is 0. The van der Waals surface area contributed by atoms with Gasteiger partial charge in [0.15, 0.2) is 0 Å². The first-order valence-electron chi connectivity index (χ1n) is 7.76. The first kappa shape index (κ1) is 17.2. The van der Waals surface area contributed by atoms with E-state index in [1.165, 1.54) is 31.2 Å². The molecule has 0 saturated heterocycles. The van der Waals surface area contributed by atoms with E-state index in [0.717, 1.165) is 5.92 Å². The zero-order valence-electron chi connectivity index (χ0n) is 13.3. The lowest BCUT2D eigenvalue weighted by Gasteiger charge is -2.36. The molecule has 18 heavy (non-hydrogen) atoms. The van der Waals surface area contributed by atoms with Crippen LogP contribution in [-0.2, 0) is 5.41 Å². The van der Waals surface area contributed by atoms with E-state index in [1.54, 1.807) is 0 Å². The summed E-state index contributed by atoms with van der Waals surface area (Å²) < 4.78 is 0. The molecule has 0 aliphatic heterocycles. The summed E-state index contributed by atoms with van der Waals surface area (Å²) in [6.45, 7) is 12.8. The molecule has 0 atom stereocenters. The molecule has 1 aliphatic carbocycles. The van der Waals surface area contributed by atoms with Gasteiger partial charge in [0.05, 0.1) is 0 Å². The minimum atomic E-state index is 0.452.